The van der Waals surface area contributed by atoms with Crippen molar-refractivity contribution in [2.45, 2.75) is 16.5 Å². The van der Waals surface area contributed by atoms with E-state index in [0.717, 1.165) is 15.6 Å². The number of pyridine rings is 1. The molecule has 1 atom stereocenters. The number of halogens is 2. The normalized spacial score (nSPS) is 12.0. The summed E-state index contributed by atoms with van der Waals surface area (Å²) in [6.45, 7) is 1.81. The van der Waals surface area contributed by atoms with Gasteiger partial charge in [0.25, 0.3) is 0 Å². The lowest BCUT2D eigenvalue weighted by molar-refractivity contribution is -0.115. The van der Waals surface area contributed by atoms with E-state index in [1.807, 2.05) is 42.6 Å². The second-order valence-corrected chi connectivity index (χ2v) is 8.39. The van der Waals surface area contributed by atoms with E-state index in [0.29, 0.717) is 15.9 Å². The number of thioether (sulfide) groups is 1. The van der Waals surface area contributed by atoms with Crippen molar-refractivity contribution >= 4 is 58.0 Å². The summed E-state index contributed by atoms with van der Waals surface area (Å²) in [7, 11) is 0. The van der Waals surface area contributed by atoms with E-state index in [4.69, 9.17) is 23.2 Å². The van der Waals surface area contributed by atoms with Gasteiger partial charge in [-0.3, -0.25) is 4.79 Å². The third-order valence-corrected chi connectivity index (χ3v) is 5.82. The molecule has 0 saturated carbocycles. The van der Waals surface area contributed by atoms with E-state index in [2.05, 4.69) is 15.3 Å². The largest absolute Gasteiger partial charge is 0.308 e. The number of hydrogen-bond donors (Lipinski definition) is 1. The van der Waals surface area contributed by atoms with Crippen LogP contribution in [0.5, 0.6) is 0 Å². The molecule has 1 unspecified atom stereocenters. The zero-order valence-electron chi connectivity index (χ0n) is 13.1. The Kier molecular flexibility index (Phi) is 5.96. The Bertz CT molecular complexity index is 887. The molecule has 0 bridgehead atoms. The van der Waals surface area contributed by atoms with Crippen LogP contribution in [0.25, 0.3) is 11.3 Å². The van der Waals surface area contributed by atoms with Gasteiger partial charge in [0.1, 0.15) is 0 Å². The fraction of sp³-hybridized carbons (Fsp3) is 0.118. The van der Waals surface area contributed by atoms with Crippen LogP contribution < -0.4 is 5.32 Å². The Hall–Kier alpha value is -1.60. The molecule has 0 aliphatic heterocycles. The molecule has 2 aromatic heterocycles. The zero-order valence-corrected chi connectivity index (χ0v) is 16.2. The minimum Gasteiger partial charge on any atom is -0.308 e. The number of carbonyl (C=O) groups excluding carboxylic acids is 1. The Morgan fingerprint density at radius 2 is 2.04 bits per heavy atom. The number of benzene rings is 1. The number of rotatable bonds is 5. The van der Waals surface area contributed by atoms with Gasteiger partial charge in [0.05, 0.1) is 21.0 Å². The van der Waals surface area contributed by atoms with Crippen LogP contribution in [-0.2, 0) is 4.79 Å². The standard InChI is InChI=1S/C17H13Cl2N3OS2/c1-10(16(23)22-15-13(19)7-12(18)8-20-15)25-17-21-14(9-24-17)11-5-3-2-4-6-11/h2-10H,1H3,(H,20,22,23). The van der Waals surface area contributed by atoms with Crippen molar-refractivity contribution in [2.24, 2.45) is 0 Å². The first-order chi connectivity index (χ1) is 12.0. The maximum absolute atomic E-state index is 12.3. The Morgan fingerprint density at radius 1 is 1.28 bits per heavy atom. The van der Waals surface area contributed by atoms with Gasteiger partial charge in [0, 0.05) is 17.1 Å². The molecule has 0 radical (unpaired) electrons. The zero-order chi connectivity index (χ0) is 17.8. The first-order valence-corrected chi connectivity index (χ1v) is 9.84. The van der Waals surface area contributed by atoms with Gasteiger partial charge in [-0.1, -0.05) is 65.3 Å². The molecule has 4 nitrogen and oxygen atoms in total. The molecular weight excluding hydrogens is 397 g/mol. The average molecular weight is 410 g/mol. The van der Waals surface area contributed by atoms with Crippen LogP contribution in [0.1, 0.15) is 6.92 Å². The molecule has 8 heteroatoms. The SMILES string of the molecule is CC(Sc1nc(-c2ccccc2)cs1)C(=O)Nc1ncc(Cl)cc1Cl. The Labute approximate surface area is 163 Å². The molecule has 3 rings (SSSR count). The van der Waals surface area contributed by atoms with Gasteiger partial charge >= 0.3 is 0 Å². The van der Waals surface area contributed by atoms with Crippen molar-refractivity contribution in [3.8, 4) is 11.3 Å². The first kappa shape index (κ1) is 18.2. The van der Waals surface area contributed by atoms with Crippen LogP contribution >= 0.6 is 46.3 Å². The van der Waals surface area contributed by atoms with E-state index in [9.17, 15) is 4.79 Å². The molecule has 1 N–H and O–H groups in total. The molecule has 0 aliphatic rings. The van der Waals surface area contributed by atoms with Gasteiger partial charge in [-0.2, -0.15) is 0 Å². The summed E-state index contributed by atoms with van der Waals surface area (Å²) in [4.78, 5) is 21.0. The summed E-state index contributed by atoms with van der Waals surface area (Å²) in [5.74, 6) is 0.103. The van der Waals surface area contributed by atoms with E-state index < -0.39 is 0 Å². The van der Waals surface area contributed by atoms with Gasteiger partial charge in [0.2, 0.25) is 5.91 Å². The van der Waals surface area contributed by atoms with Crippen LogP contribution in [0.15, 0.2) is 52.3 Å². The molecule has 0 saturated heterocycles. The van der Waals surface area contributed by atoms with Gasteiger partial charge in [-0.25, -0.2) is 9.97 Å². The summed E-state index contributed by atoms with van der Waals surface area (Å²) in [5.41, 5.74) is 1.96. The third kappa shape index (κ3) is 4.73. The molecular formula is C17H13Cl2N3OS2. The van der Waals surface area contributed by atoms with Gasteiger partial charge in [-0.05, 0) is 13.0 Å². The molecule has 3 aromatic rings. The number of hydrogen-bond acceptors (Lipinski definition) is 5. The second kappa shape index (κ2) is 8.19. The highest BCUT2D eigenvalue weighted by Crippen LogP contribution is 2.31. The van der Waals surface area contributed by atoms with Crippen LogP contribution in [-0.4, -0.2) is 21.1 Å². The van der Waals surface area contributed by atoms with E-state index in [-0.39, 0.29) is 11.2 Å². The summed E-state index contributed by atoms with van der Waals surface area (Å²) < 4.78 is 0.830. The minimum absolute atomic E-state index is 0.196. The molecule has 128 valence electrons. The molecule has 25 heavy (non-hydrogen) atoms. The molecule has 0 aliphatic carbocycles. The van der Waals surface area contributed by atoms with Crippen molar-refractivity contribution in [3.63, 3.8) is 0 Å². The minimum atomic E-state index is -0.344. The smallest absolute Gasteiger partial charge is 0.238 e. The fourth-order valence-corrected chi connectivity index (χ4v) is 4.38. The number of nitrogens with zero attached hydrogens (tertiary/aromatic N) is 2. The van der Waals surface area contributed by atoms with Crippen LogP contribution in [0.4, 0.5) is 5.82 Å². The molecule has 1 aromatic carbocycles. The Balaban J connectivity index is 1.65. The van der Waals surface area contributed by atoms with Crippen LogP contribution in [0.3, 0.4) is 0 Å². The van der Waals surface area contributed by atoms with Gasteiger partial charge < -0.3 is 5.32 Å². The number of carbonyl (C=O) groups is 1. The number of nitrogens with one attached hydrogen (secondary N) is 1. The highest BCUT2D eigenvalue weighted by atomic mass is 35.5. The summed E-state index contributed by atoms with van der Waals surface area (Å²) in [6, 6.07) is 11.5. The van der Waals surface area contributed by atoms with Crippen molar-refractivity contribution in [2.75, 3.05) is 5.32 Å². The van der Waals surface area contributed by atoms with Gasteiger partial charge in [-0.15, -0.1) is 11.3 Å². The first-order valence-electron chi connectivity index (χ1n) is 7.32. The van der Waals surface area contributed by atoms with Crippen molar-refractivity contribution in [3.05, 3.63) is 58.0 Å². The fourth-order valence-electron chi connectivity index (χ4n) is 1.98. The maximum atomic E-state index is 12.3. The number of aromatic nitrogens is 2. The monoisotopic (exact) mass is 409 g/mol. The van der Waals surface area contributed by atoms with Crippen molar-refractivity contribution in [1.29, 1.82) is 0 Å². The van der Waals surface area contributed by atoms with Crippen molar-refractivity contribution < 1.29 is 4.79 Å². The second-order valence-electron chi connectivity index (χ2n) is 5.10. The lowest BCUT2D eigenvalue weighted by Gasteiger charge is -2.11. The average Bonchev–Trinajstić information content (AvgIpc) is 3.06. The number of amides is 1. The van der Waals surface area contributed by atoms with Crippen LogP contribution in [0.2, 0.25) is 10.0 Å². The van der Waals surface area contributed by atoms with Crippen molar-refractivity contribution in [1.82, 2.24) is 9.97 Å². The van der Waals surface area contributed by atoms with Gasteiger partial charge in [0.15, 0.2) is 10.2 Å². The lowest BCUT2D eigenvalue weighted by Crippen LogP contribution is -2.23. The molecule has 0 fully saturated rings. The third-order valence-electron chi connectivity index (χ3n) is 3.25. The summed E-state index contributed by atoms with van der Waals surface area (Å²) in [5, 5.41) is 5.08. The summed E-state index contributed by atoms with van der Waals surface area (Å²) >= 11 is 14.7. The van der Waals surface area contributed by atoms with Crippen LogP contribution in [0, 0.1) is 0 Å². The highest BCUT2D eigenvalue weighted by molar-refractivity contribution is 8.02. The molecule has 1 amide bonds. The maximum Gasteiger partial charge on any atom is 0.238 e. The molecule has 2 heterocycles. The lowest BCUT2D eigenvalue weighted by atomic mass is 10.2. The Morgan fingerprint density at radius 3 is 2.76 bits per heavy atom. The van der Waals surface area contributed by atoms with E-state index in [1.165, 1.54) is 35.4 Å². The summed E-state index contributed by atoms with van der Waals surface area (Å²) in [6.07, 6.45) is 1.44. The number of thiazole rings is 1. The highest BCUT2D eigenvalue weighted by Gasteiger charge is 2.18. The van der Waals surface area contributed by atoms with E-state index in [1.54, 1.807) is 0 Å². The topological polar surface area (TPSA) is 54.9 Å². The predicted octanol–water partition coefficient (Wildman–Crippen LogP) is 5.63. The quantitative estimate of drug-likeness (QED) is 0.554. The van der Waals surface area contributed by atoms with E-state index >= 15 is 0 Å². The predicted molar refractivity (Wildman–Crippen MR) is 106 cm³/mol. The molecule has 0 spiro atoms. The number of anilines is 1.